The van der Waals surface area contributed by atoms with Crippen molar-refractivity contribution in [2.45, 2.75) is 33.1 Å². The van der Waals surface area contributed by atoms with Crippen LogP contribution < -0.4 is 0 Å². The second-order valence-corrected chi connectivity index (χ2v) is 3.19. The molecule has 0 aliphatic carbocycles. The van der Waals surface area contributed by atoms with E-state index in [0.717, 1.165) is 19.3 Å². The minimum Gasteiger partial charge on any atom is -0.465 e. The van der Waals surface area contributed by atoms with Crippen molar-refractivity contribution >= 4 is 5.97 Å². The van der Waals surface area contributed by atoms with Gasteiger partial charge in [0.1, 0.15) is 0 Å². The molecule has 1 rings (SSSR count). The Kier molecular flexibility index (Phi) is 2.92. The maximum Gasteiger partial charge on any atom is 0.309 e. The van der Waals surface area contributed by atoms with Gasteiger partial charge in [-0.1, -0.05) is 20.3 Å². The largest absolute Gasteiger partial charge is 0.465 e. The molecule has 0 radical (unpaired) electrons. The van der Waals surface area contributed by atoms with Gasteiger partial charge in [0.25, 0.3) is 0 Å². The molecule has 0 N–H and O–H groups in total. The predicted molar refractivity (Wildman–Crippen MR) is 43.1 cm³/mol. The third-order valence-electron chi connectivity index (χ3n) is 2.44. The number of rotatable bonds is 3. The van der Waals surface area contributed by atoms with Crippen molar-refractivity contribution in [1.29, 1.82) is 0 Å². The van der Waals surface area contributed by atoms with E-state index in [2.05, 4.69) is 13.8 Å². The summed E-state index contributed by atoms with van der Waals surface area (Å²) in [5, 5.41) is 0. The Balaban J connectivity index is 2.49. The quantitative estimate of drug-likeness (QED) is 0.584. The minimum atomic E-state index is 0.0266. The molecular weight excluding hydrogens is 140 g/mol. The van der Waals surface area contributed by atoms with E-state index in [1.165, 1.54) is 0 Å². The summed E-state index contributed by atoms with van der Waals surface area (Å²) in [6.45, 7) is 4.88. The van der Waals surface area contributed by atoms with Gasteiger partial charge in [-0.15, -0.1) is 0 Å². The topological polar surface area (TPSA) is 26.3 Å². The lowest BCUT2D eigenvalue weighted by molar-refractivity contribution is -0.141. The summed E-state index contributed by atoms with van der Waals surface area (Å²) in [7, 11) is 0. The Morgan fingerprint density at radius 2 is 2.27 bits per heavy atom. The molecule has 2 nitrogen and oxygen atoms in total. The normalized spacial score (nSPS) is 30.5. The van der Waals surface area contributed by atoms with Crippen molar-refractivity contribution in [3.63, 3.8) is 0 Å². The fourth-order valence-corrected chi connectivity index (χ4v) is 1.67. The van der Waals surface area contributed by atoms with Crippen LogP contribution in [0.3, 0.4) is 0 Å². The average molecular weight is 156 g/mol. The molecule has 0 saturated carbocycles. The molecule has 11 heavy (non-hydrogen) atoms. The molecule has 1 fully saturated rings. The summed E-state index contributed by atoms with van der Waals surface area (Å²) in [6, 6.07) is 0. The van der Waals surface area contributed by atoms with Crippen molar-refractivity contribution in [3.05, 3.63) is 0 Å². The van der Waals surface area contributed by atoms with E-state index in [1.807, 2.05) is 0 Å². The Bertz CT molecular complexity index is 142. The molecular formula is C9H16O2. The van der Waals surface area contributed by atoms with E-state index >= 15 is 0 Å². The Morgan fingerprint density at radius 3 is 2.82 bits per heavy atom. The first-order chi connectivity index (χ1) is 5.29. The molecule has 0 aromatic carbocycles. The molecule has 0 spiro atoms. The number of carbonyl (C=O) groups is 1. The Morgan fingerprint density at radius 1 is 1.55 bits per heavy atom. The molecule has 0 unspecified atom stereocenters. The lowest BCUT2D eigenvalue weighted by Gasteiger charge is -2.10. The highest BCUT2D eigenvalue weighted by Gasteiger charge is 2.34. The van der Waals surface area contributed by atoms with Gasteiger partial charge in [0.2, 0.25) is 0 Å². The lowest BCUT2D eigenvalue weighted by Crippen LogP contribution is -2.14. The van der Waals surface area contributed by atoms with Gasteiger partial charge >= 0.3 is 5.97 Å². The zero-order valence-electron chi connectivity index (χ0n) is 7.30. The molecule has 2 atom stereocenters. The van der Waals surface area contributed by atoms with Crippen LogP contribution in [0.2, 0.25) is 0 Å². The maximum absolute atomic E-state index is 11.1. The van der Waals surface area contributed by atoms with E-state index in [0.29, 0.717) is 12.5 Å². The van der Waals surface area contributed by atoms with Crippen molar-refractivity contribution in [3.8, 4) is 0 Å². The van der Waals surface area contributed by atoms with Crippen LogP contribution in [0.15, 0.2) is 0 Å². The third-order valence-corrected chi connectivity index (χ3v) is 2.44. The van der Waals surface area contributed by atoms with Crippen LogP contribution >= 0.6 is 0 Å². The predicted octanol–water partition coefficient (Wildman–Crippen LogP) is 1.99. The Hall–Kier alpha value is -0.530. The number of hydrogen-bond donors (Lipinski definition) is 0. The van der Waals surface area contributed by atoms with Crippen LogP contribution in [0.5, 0.6) is 0 Å². The van der Waals surface area contributed by atoms with Crippen molar-refractivity contribution in [2.24, 2.45) is 11.8 Å². The van der Waals surface area contributed by atoms with Crippen LogP contribution in [0.25, 0.3) is 0 Å². The summed E-state index contributed by atoms with van der Waals surface area (Å²) in [4.78, 5) is 11.1. The summed E-state index contributed by atoms with van der Waals surface area (Å²) >= 11 is 0. The fourth-order valence-electron chi connectivity index (χ4n) is 1.67. The minimum absolute atomic E-state index is 0.0266. The van der Waals surface area contributed by atoms with E-state index in [4.69, 9.17) is 4.74 Å². The van der Waals surface area contributed by atoms with E-state index in [-0.39, 0.29) is 11.9 Å². The van der Waals surface area contributed by atoms with Crippen molar-refractivity contribution < 1.29 is 9.53 Å². The first-order valence-electron chi connectivity index (χ1n) is 4.46. The van der Waals surface area contributed by atoms with E-state index < -0.39 is 0 Å². The van der Waals surface area contributed by atoms with Crippen LogP contribution in [-0.2, 0) is 9.53 Å². The van der Waals surface area contributed by atoms with Crippen LogP contribution in [0.1, 0.15) is 33.1 Å². The van der Waals surface area contributed by atoms with Gasteiger partial charge in [-0.25, -0.2) is 0 Å². The highest BCUT2D eigenvalue weighted by Crippen LogP contribution is 2.28. The second-order valence-electron chi connectivity index (χ2n) is 3.19. The molecule has 64 valence electrons. The molecule has 1 aliphatic rings. The number of carbonyl (C=O) groups excluding carboxylic acids is 1. The average Bonchev–Trinajstić information content (AvgIpc) is 2.34. The molecule has 1 saturated heterocycles. The van der Waals surface area contributed by atoms with Crippen molar-refractivity contribution in [1.82, 2.24) is 0 Å². The molecule has 2 heteroatoms. The van der Waals surface area contributed by atoms with Gasteiger partial charge in [0.05, 0.1) is 12.5 Å². The standard InChI is InChI=1S/C9H16O2/c1-3-5-8-7(4-2)6-11-9(8)10/h7-8H,3-6H2,1-2H3/t7-,8+/m1/s1. The summed E-state index contributed by atoms with van der Waals surface area (Å²) < 4.78 is 4.98. The third kappa shape index (κ3) is 1.73. The molecule has 1 aliphatic heterocycles. The van der Waals surface area contributed by atoms with Gasteiger partial charge in [-0.3, -0.25) is 4.79 Å². The summed E-state index contributed by atoms with van der Waals surface area (Å²) in [5.74, 6) is 0.714. The zero-order chi connectivity index (χ0) is 8.27. The summed E-state index contributed by atoms with van der Waals surface area (Å²) in [5.41, 5.74) is 0. The number of esters is 1. The first kappa shape index (κ1) is 8.57. The van der Waals surface area contributed by atoms with Gasteiger partial charge in [0.15, 0.2) is 0 Å². The SMILES string of the molecule is CCC[C@@H]1C(=O)OC[C@H]1CC. The van der Waals surface area contributed by atoms with Gasteiger partial charge in [0, 0.05) is 5.92 Å². The monoisotopic (exact) mass is 156 g/mol. The highest BCUT2D eigenvalue weighted by atomic mass is 16.5. The van der Waals surface area contributed by atoms with Crippen LogP contribution in [0, 0.1) is 11.8 Å². The van der Waals surface area contributed by atoms with E-state index in [9.17, 15) is 4.79 Å². The fraction of sp³-hybridized carbons (Fsp3) is 0.889. The lowest BCUT2D eigenvalue weighted by atomic mass is 9.89. The number of hydrogen-bond acceptors (Lipinski definition) is 2. The second kappa shape index (κ2) is 3.74. The van der Waals surface area contributed by atoms with E-state index in [1.54, 1.807) is 0 Å². The number of ether oxygens (including phenoxy) is 1. The van der Waals surface area contributed by atoms with Gasteiger partial charge in [-0.2, -0.15) is 0 Å². The van der Waals surface area contributed by atoms with Crippen molar-refractivity contribution in [2.75, 3.05) is 6.61 Å². The molecule has 0 amide bonds. The smallest absolute Gasteiger partial charge is 0.309 e. The zero-order valence-corrected chi connectivity index (χ0v) is 7.30. The maximum atomic E-state index is 11.1. The van der Waals surface area contributed by atoms with Crippen LogP contribution in [-0.4, -0.2) is 12.6 Å². The van der Waals surface area contributed by atoms with Gasteiger partial charge in [-0.05, 0) is 12.8 Å². The molecule has 0 bridgehead atoms. The summed E-state index contributed by atoms with van der Waals surface area (Å²) in [6.07, 6.45) is 3.14. The molecule has 0 aromatic heterocycles. The van der Waals surface area contributed by atoms with Crippen LogP contribution in [0.4, 0.5) is 0 Å². The highest BCUT2D eigenvalue weighted by molar-refractivity contribution is 5.74. The first-order valence-corrected chi connectivity index (χ1v) is 4.46. The van der Waals surface area contributed by atoms with Gasteiger partial charge < -0.3 is 4.74 Å². The molecule has 0 aromatic rings. The molecule has 1 heterocycles. The number of cyclic esters (lactones) is 1. The Labute approximate surface area is 67.9 Å².